The second kappa shape index (κ2) is 2.92. The van der Waals surface area contributed by atoms with Crippen LogP contribution in [0.25, 0.3) is 0 Å². The first kappa shape index (κ1) is 9.30. The van der Waals surface area contributed by atoms with Gasteiger partial charge in [0, 0.05) is 6.42 Å². The van der Waals surface area contributed by atoms with Crippen molar-refractivity contribution in [2.45, 2.75) is 40.5 Å². The molecule has 0 aromatic heterocycles. The van der Waals surface area contributed by atoms with E-state index in [1.807, 2.05) is 13.8 Å². The number of hydrogen-bond donors (Lipinski definition) is 0. The second-order valence-corrected chi connectivity index (χ2v) is 4.42. The lowest BCUT2D eigenvalue weighted by atomic mass is 9.82. The van der Waals surface area contributed by atoms with Gasteiger partial charge in [-0.05, 0) is 24.8 Å². The molecule has 2 heteroatoms. The maximum Gasteiger partial charge on any atom is 0.311 e. The molecule has 0 unspecified atom stereocenters. The predicted octanol–water partition coefficient (Wildman–Crippen LogP) is 2.64. The van der Waals surface area contributed by atoms with Crippen molar-refractivity contribution in [2.75, 3.05) is 0 Å². The molecule has 1 aliphatic heterocycles. The van der Waals surface area contributed by atoms with Gasteiger partial charge in [0.15, 0.2) is 0 Å². The van der Waals surface area contributed by atoms with E-state index < -0.39 is 0 Å². The quantitative estimate of drug-likeness (QED) is 0.520. The van der Waals surface area contributed by atoms with Gasteiger partial charge in [-0.2, -0.15) is 0 Å². The molecule has 1 fully saturated rings. The van der Waals surface area contributed by atoms with Crippen molar-refractivity contribution in [3.8, 4) is 0 Å². The second-order valence-electron chi connectivity index (χ2n) is 4.42. The summed E-state index contributed by atoms with van der Waals surface area (Å²) in [5, 5.41) is 0. The minimum atomic E-state index is -0.0950. The first-order valence-electron chi connectivity index (χ1n) is 4.28. The smallest absolute Gasteiger partial charge is 0.311 e. The topological polar surface area (TPSA) is 26.3 Å². The number of allylic oxidation sites excluding steroid dienone is 2. The predicted molar refractivity (Wildman–Crippen MR) is 47.5 cm³/mol. The van der Waals surface area contributed by atoms with Crippen molar-refractivity contribution in [2.24, 2.45) is 5.41 Å². The van der Waals surface area contributed by atoms with Crippen LogP contribution >= 0.6 is 0 Å². The van der Waals surface area contributed by atoms with E-state index in [-0.39, 0.29) is 11.4 Å². The number of rotatable bonds is 0. The zero-order valence-electron chi connectivity index (χ0n) is 8.23. The average Bonchev–Trinajstić information content (AvgIpc) is 1.82. The minimum Gasteiger partial charge on any atom is -0.431 e. The number of ether oxygens (including phenoxy) is 1. The third kappa shape index (κ3) is 2.10. The van der Waals surface area contributed by atoms with Crippen LogP contribution < -0.4 is 0 Å². The van der Waals surface area contributed by atoms with Crippen LogP contribution in [0, 0.1) is 5.41 Å². The van der Waals surface area contributed by atoms with E-state index in [0.717, 1.165) is 17.8 Å². The van der Waals surface area contributed by atoms with E-state index in [1.165, 1.54) is 0 Å². The Hall–Kier alpha value is -0.790. The molecule has 1 saturated heterocycles. The minimum absolute atomic E-state index is 0.0714. The normalized spacial score (nSPS) is 22.0. The SMILES string of the molecule is CC(C)=C1CC(C)(C)CC(=O)O1. The van der Waals surface area contributed by atoms with E-state index in [4.69, 9.17) is 4.74 Å². The molecule has 68 valence electrons. The molecule has 0 saturated carbocycles. The fraction of sp³-hybridized carbons (Fsp3) is 0.700. The number of cyclic esters (lactones) is 1. The highest BCUT2D eigenvalue weighted by Gasteiger charge is 2.31. The first-order valence-corrected chi connectivity index (χ1v) is 4.28. The molecular formula is C10H16O2. The van der Waals surface area contributed by atoms with E-state index in [1.54, 1.807) is 0 Å². The summed E-state index contributed by atoms with van der Waals surface area (Å²) < 4.78 is 5.12. The molecular weight excluding hydrogens is 152 g/mol. The monoisotopic (exact) mass is 168 g/mol. The van der Waals surface area contributed by atoms with E-state index in [0.29, 0.717) is 6.42 Å². The summed E-state index contributed by atoms with van der Waals surface area (Å²) in [5.41, 5.74) is 1.18. The van der Waals surface area contributed by atoms with Gasteiger partial charge in [-0.1, -0.05) is 13.8 Å². The molecule has 0 atom stereocenters. The van der Waals surface area contributed by atoms with Gasteiger partial charge in [0.1, 0.15) is 5.76 Å². The highest BCUT2D eigenvalue weighted by molar-refractivity contribution is 5.72. The number of esters is 1. The Morgan fingerprint density at radius 1 is 1.33 bits per heavy atom. The van der Waals surface area contributed by atoms with Crippen LogP contribution in [0.1, 0.15) is 40.5 Å². The van der Waals surface area contributed by atoms with Crippen molar-refractivity contribution in [1.29, 1.82) is 0 Å². The zero-order chi connectivity index (χ0) is 9.35. The van der Waals surface area contributed by atoms with Crippen molar-refractivity contribution in [3.05, 3.63) is 11.3 Å². The maximum atomic E-state index is 11.1. The molecule has 0 aromatic carbocycles. The Morgan fingerprint density at radius 2 is 1.92 bits per heavy atom. The number of carbonyl (C=O) groups excluding carboxylic acids is 1. The van der Waals surface area contributed by atoms with E-state index in [2.05, 4.69) is 13.8 Å². The molecule has 0 aromatic rings. The number of hydrogen-bond acceptors (Lipinski definition) is 2. The van der Waals surface area contributed by atoms with Gasteiger partial charge in [0.25, 0.3) is 0 Å². The van der Waals surface area contributed by atoms with Gasteiger partial charge in [0.05, 0.1) is 6.42 Å². The highest BCUT2D eigenvalue weighted by atomic mass is 16.5. The van der Waals surface area contributed by atoms with Crippen molar-refractivity contribution in [3.63, 3.8) is 0 Å². The summed E-state index contributed by atoms with van der Waals surface area (Å²) >= 11 is 0. The molecule has 2 nitrogen and oxygen atoms in total. The summed E-state index contributed by atoms with van der Waals surface area (Å²) in [6.07, 6.45) is 1.41. The fourth-order valence-electron chi connectivity index (χ4n) is 1.38. The van der Waals surface area contributed by atoms with Gasteiger partial charge in [-0.25, -0.2) is 0 Å². The van der Waals surface area contributed by atoms with Crippen LogP contribution in [0.15, 0.2) is 11.3 Å². The lowest BCUT2D eigenvalue weighted by molar-refractivity contribution is -0.146. The Balaban J connectivity index is 2.85. The van der Waals surface area contributed by atoms with Crippen molar-refractivity contribution < 1.29 is 9.53 Å². The molecule has 1 heterocycles. The highest BCUT2D eigenvalue weighted by Crippen LogP contribution is 2.35. The van der Waals surface area contributed by atoms with E-state index in [9.17, 15) is 4.79 Å². The van der Waals surface area contributed by atoms with Crippen LogP contribution in [0.4, 0.5) is 0 Å². The molecule has 0 N–H and O–H groups in total. The summed E-state index contributed by atoms with van der Waals surface area (Å²) in [7, 11) is 0. The Labute approximate surface area is 73.6 Å². The standard InChI is InChI=1S/C10H16O2/c1-7(2)8-5-10(3,4)6-9(11)12-8/h5-6H2,1-4H3. The Bertz CT molecular complexity index is 232. The average molecular weight is 168 g/mol. The van der Waals surface area contributed by atoms with Crippen LogP contribution in [0.5, 0.6) is 0 Å². The molecule has 1 rings (SSSR count). The molecule has 0 radical (unpaired) electrons. The Kier molecular flexibility index (Phi) is 2.27. The summed E-state index contributed by atoms with van der Waals surface area (Å²) in [6, 6.07) is 0. The van der Waals surface area contributed by atoms with Crippen molar-refractivity contribution >= 4 is 5.97 Å². The fourth-order valence-corrected chi connectivity index (χ4v) is 1.38. The van der Waals surface area contributed by atoms with Gasteiger partial charge in [-0.15, -0.1) is 0 Å². The largest absolute Gasteiger partial charge is 0.431 e. The van der Waals surface area contributed by atoms with Crippen LogP contribution in [0.3, 0.4) is 0 Å². The summed E-state index contributed by atoms with van der Waals surface area (Å²) in [4.78, 5) is 11.1. The zero-order valence-corrected chi connectivity index (χ0v) is 8.23. The van der Waals surface area contributed by atoms with E-state index >= 15 is 0 Å². The number of carbonyl (C=O) groups is 1. The lowest BCUT2D eigenvalue weighted by Gasteiger charge is -2.30. The van der Waals surface area contributed by atoms with Gasteiger partial charge >= 0.3 is 5.97 Å². The molecule has 0 spiro atoms. The summed E-state index contributed by atoms with van der Waals surface area (Å²) in [5.74, 6) is 0.763. The molecule has 0 aliphatic carbocycles. The van der Waals surface area contributed by atoms with Crippen LogP contribution in [-0.2, 0) is 9.53 Å². The van der Waals surface area contributed by atoms with Crippen LogP contribution in [-0.4, -0.2) is 5.97 Å². The van der Waals surface area contributed by atoms with Gasteiger partial charge in [-0.3, -0.25) is 4.79 Å². The third-order valence-corrected chi connectivity index (χ3v) is 2.06. The van der Waals surface area contributed by atoms with Crippen molar-refractivity contribution in [1.82, 2.24) is 0 Å². The lowest BCUT2D eigenvalue weighted by Crippen LogP contribution is -2.26. The Morgan fingerprint density at radius 3 is 2.33 bits per heavy atom. The van der Waals surface area contributed by atoms with Crippen LogP contribution in [0.2, 0.25) is 0 Å². The molecule has 0 amide bonds. The van der Waals surface area contributed by atoms with Gasteiger partial charge in [0.2, 0.25) is 0 Å². The maximum absolute atomic E-state index is 11.1. The third-order valence-electron chi connectivity index (χ3n) is 2.06. The van der Waals surface area contributed by atoms with Gasteiger partial charge < -0.3 is 4.74 Å². The first-order chi connectivity index (χ1) is 5.41. The molecule has 0 bridgehead atoms. The molecule has 1 aliphatic rings. The molecule has 12 heavy (non-hydrogen) atoms. The summed E-state index contributed by atoms with van der Waals surface area (Å²) in [6.45, 7) is 8.14.